The van der Waals surface area contributed by atoms with Crippen molar-refractivity contribution < 1.29 is 18.0 Å². The number of piperazine rings is 1. The molecule has 1 aliphatic rings. The molecule has 0 saturated carbocycles. The number of hydrogen-bond donors (Lipinski definition) is 3. The number of carbonyl (C=O) groups excluding carboxylic acids is 1. The lowest BCUT2D eigenvalue weighted by atomic mass is 10.1. The van der Waals surface area contributed by atoms with E-state index in [1.807, 2.05) is 6.92 Å². The first kappa shape index (κ1) is 13.2. The summed E-state index contributed by atoms with van der Waals surface area (Å²) in [6.45, 7) is 2.68. The number of alkyl halides is 3. The van der Waals surface area contributed by atoms with Crippen LogP contribution < -0.4 is 16.0 Å². The molecule has 1 fully saturated rings. The lowest BCUT2D eigenvalue weighted by Crippen LogP contribution is -2.59. The highest BCUT2D eigenvalue weighted by Crippen LogP contribution is 2.18. The zero-order chi connectivity index (χ0) is 12.2. The number of hydrogen-bond acceptors (Lipinski definition) is 3. The van der Waals surface area contributed by atoms with E-state index >= 15 is 0 Å². The molecule has 7 heteroatoms. The van der Waals surface area contributed by atoms with E-state index in [0.717, 1.165) is 0 Å². The van der Waals surface area contributed by atoms with Crippen molar-refractivity contribution in [2.24, 2.45) is 0 Å². The van der Waals surface area contributed by atoms with Crippen LogP contribution in [0.1, 0.15) is 13.3 Å². The summed E-state index contributed by atoms with van der Waals surface area (Å²) in [7, 11) is 0. The van der Waals surface area contributed by atoms with Gasteiger partial charge in [0, 0.05) is 25.7 Å². The highest BCUT2D eigenvalue weighted by molar-refractivity contribution is 5.82. The Hall–Kier alpha value is -0.820. The van der Waals surface area contributed by atoms with Crippen molar-refractivity contribution in [1.29, 1.82) is 0 Å². The quantitative estimate of drug-likeness (QED) is 0.650. The molecule has 1 aliphatic heterocycles. The Morgan fingerprint density at radius 1 is 1.38 bits per heavy atom. The second kappa shape index (κ2) is 5.49. The summed E-state index contributed by atoms with van der Waals surface area (Å²) in [6.07, 6.45) is -5.21. The third-order valence-electron chi connectivity index (χ3n) is 2.37. The van der Waals surface area contributed by atoms with Gasteiger partial charge in [-0.3, -0.25) is 4.79 Å². The minimum absolute atomic E-state index is 0.277. The second-order valence-electron chi connectivity index (χ2n) is 3.93. The van der Waals surface area contributed by atoms with E-state index in [4.69, 9.17) is 0 Å². The Labute approximate surface area is 92.0 Å². The van der Waals surface area contributed by atoms with Crippen LogP contribution >= 0.6 is 0 Å². The molecule has 0 spiro atoms. The SMILES string of the molecule is CC1CNC(C(=O)NCCC(F)(F)F)CN1. The highest BCUT2D eigenvalue weighted by atomic mass is 19.4. The number of rotatable bonds is 3. The summed E-state index contributed by atoms with van der Waals surface area (Å²) >= 11 is 0. The lowest BCUT2D eigenvalue weighted by Gasteiger charge is -2.28. The summed E-state index contributed by atoms with van der Waals surface area (Å²) in [5, 5.41) is 8.30. The zero-order valence-corrected chi connectivity index (χ0v) is 9.03. The molecule has 94 valence electrons. The van der Waals surface area contributed by atoms with Gasteiger partial charge in [0.15, 0.2) is 0 Å². The number of amides is 1. The van der Waals surface area contributed by atoms with Crippen LogP contribution in [0.5, 0.6) is 0 Å². The van der Waals surface area contributed by atoms with Crippen molar-refractivity contribution in [2.75, 3.05) is 19.6 Å². The van der Waals surface area contributed by atoms with Gasteiger partial charge in [-0.1, -0.05) is 0 Å². The van der Waals surface area contributed by atoms with Gasteiger partial charge in [0.1, 0.15) is 0 Å². The standard InChI is InChI=1S/C9H16F3N3O/c1-6-4-15-7(5-14-6)8(16)13-3-2-9(10,11)12/h6-7,14-15H,2-5H2,1H3,(H,13,16). The van der Waals surface area contributed by atoms with Crippen LogP contribution in [-0.4, -0.2) is 43.8 Å². The Kier molecular flexibility index (Phi) is 4.55. The molecule has 3 N–H and O–H groups in total. The van der Waals surface area contributed by atoms with Crippen molar-refractivity contribution in [3.63, 3.8) is 0 Å². The maximum absolute atomic E-state index is 11.8. The molecule has 1 heterocycles. The Morgan fingerprint density at radius 2 is 2.06 bits per heavy atom. The van der Waals surface area contributed by atoms with Gasteiger partial charge < -0.3 is 16.0 Å². The molecule has 0 aromatic rings. The van der Waals surface area contributed by atoms with Gasteiger partial charge in [0.2, 0.25) is 5.91 Å². The van der Waals surface area contributed by atoms with Crippen molar-refractivity contribution in [3.8, 4) is 0 Å². The van der Waals surface area contributed by atoms with Crippen LogP contribution in [0.3, 0.4) is 0 Å². The van der Waals surface area contributed by atoms with Crippen LogP contribution in [0.2, 0.25) is 0 Å². The molecule has 1 saturated heterocycles. The molecule has 2 unspecified atom stereocenters. The molecule has 16 heavy (non-hydrogen) atoms. The summed E-state index contributed by atoms with van der Waals surface area (Å²) in [4.78, 5) is 11.4. The predicted octanol–water partition coefficient (Wildman–Crippen LogP) is 0.00490. The number of halogens is 3. The average Bonchev–Trinajstić information content (AvgIpc) is 2.16. The van der Waals surface area contributed by atoms with E-state index in [-0.39, 0.29) is 18.5 Å². The number of nitrogens with one attached hydrogen (secondary N) is 3. The van der Waals surface area contributed by atoms with Crippen LogP contribution in [0, 0.1) is 0 Å². The summed E-state index contributed by atoms with van der Waals surface area (Å²) in [6, 6.07) is -0.163. The van der Waals surface area contributed by atoms with Crippen molar-refractivity contribution in [3.05, 3.63) is 0 Å². The van der Waals surface area contributed by atoms with E-state index < -0.39 is 18.6 Å². The zero-order valence-electron chi connectivity index (χ0n) is 9.03. The molecule has 0 aromatic heterocycles. The smallest absolute Gasteiger partial charge is 0.354 e. The van der Waals surface area contributed by atoms with Gasteiger partial charge in [0.25, 0.3) is 0 Å². The second-order valence-corrected chi connectivity index (χ2v) is 3.93. The van der Waals surface area contributed by atoms with Crippen LogP contribution in [0.4, 0.5) is 13.2 Å². The van der Waals surface area contributed by atoms with E-state index in [9.17, 15) is 18.0 Å². The average molecular weight is 239 g/mol. The van der Waals surface area contributed by atoms with Gasteiger partial charge >= 0.3 is 6.18 Å². The summed E-state index contributed by atoms with van der Waals surface area (Å²) < 4.78 is 35.5. The minimum Gasteiger partial charge on any atom is -0.354 e. The fourth-order valence-electron chi connectivity index (χ4n) is 1.42. The molecule has 0 bridgehead atoms. The molecular weight excluding hydrogens is 223 g/mol. The minimum atomic E-state index is -4.22. The maximum atomic E-state index is 11.8. The Morgan fingerprint density at radius 3 is 2.56 bits per heavy atom. The van der Waals surface area contributed by atoms with Gasteiger partial charge in [-0.05, 0) is 6.92 Å². The molecule has 1 amide bonds. The topological polar surface area (TPSA) is 53.2 Å². The predicted molar refractivity (Wildman–Crippen MR) is 52.9 cm³/mol. The highest BCUT2D eigenvalue weighted by Gasteiger charge is 2.28. The third kappa shape index (κ3) is 4.80. The fraction of sp³-hybridized carbons (Fsp3) is 0.889. The molecule has 4 nitrogen and oxygen atoms in total. The van der Waals surface area contributed by atoms with E-state index in [0.29, 0.717) is 13.1 Å². The normalized spacial score (nSPS) is 26.5. The monoisotopic (exact) mass is 239 g/mol. The van der Waals surface area contributed by atoms with Crippen LogP contribution in [-0.2, 0) is 4.79 Å². The van der Waals surface area contributed by atoms with Gasteiger partial charge in [-0.15, -0.1) is 0 Å². The summed E-state index contributed by atoms with van der Waals surface area (Å²) in [5.41, 5.74) is 0. The lowest BCUT2D eigenvalue weighted by molar-refractivity contribution is -0.136. The molecule has 1 rings (SSSR count). The maximum Gasteiger partial charge on any atom is 0.390 e. The Bertz CT molecular complexity index is 237. The van der Waals surface area contributed by atoms with E-state index in [1.165, 1.54) is 0 Å². The van der Waals surface area contributed by atoms with E-state index in [2.05, 4.69) is 16.0 Å². The van der Waals surface area contributed by atoms with Crippen molar-refractivity contribution in [2.45, 2.75) is 31.6 Å². The largest absolute Gasteiger partial charge is 0.390 e. The Balaban J connectivity index is 2.20. The molecule has 0 aliphatic carbocycles. The molecule has 2 atom stereocenters. The van der Waals surface area contributed by atoms with E-state index in [1.54, 1.807) is 0 Å². The van der Waals surface area contributed by atoms with Gasteiger partial charge in [-0.2, -0.15) is 13.2 Å². The fourth-order valence-corrected chi connectivity index (χ4v) is 1.42. The van der Waals surface area contributed by atoms with Gasteiger partial charge in [-0.25, -0.2) is 0 Å². The van der Waals surface area contributed by atoms with Crippen LogP contribution in [0.25, 0.3) is 0 Å². The molecule has 0 aromatic carbocycles. The molecular formula is C9H16F3N3O. The third-order valence-corrected chi connectivity index (χ3v) is 2.37. The summed E-state index contributed by atoms with van der Waals surface area (Å²) in [5.74, 6) is -0.386. The first-order valence-electron chi connectivity index (χ1n) is 5.20. The first-order chi connectivity index (χ1) is 7.38. The van der Waals surface area contributed by atoms with Crippen molar-refractivity contribution in [1.82, 2.24) is 16.0 Å². The number of carbonyl (C=O) groups is 1. The van der Waals surface area contributed by atoms with Crippen LogP contribution in [0.15, 0.2) is 0 Å². The van der Waals surface area contributed by atoms with Crippen molar-refractivity contribution >= 4 is 5.91 Å². The first-order valence-corrected chi connectivity index (χ1v) is 5.20. The van der Waals surface area contributed by atoms with Gasteiger partial charge in [0.05, 0.1) is 12.5 Å². The molecule has 0 radical (unpaired) electrons.